The predicted molar refractivity (Wildman–Crippen MR) is 117 cm³/mol. The first-order chi connectivity index (χ1) is 15.0. The third-order valence-corrected chi connectivity index (χ3v) is 5.89. The van der Waals surface area contributed by atoms with Crippen molar-refractivity contribution in [2.45, 2.75) is 39.2 Å². The first-order valence-corrected chi connectivity index (χ1v) is 10.6. The van der Waals surface area contributed by atoms with E-state index in [1.165, 1.54) is 5.56 Å². The number of aromatic nitrogens is 4. The topological polar surface area (TPSA) is 81.9 Å². The lowest BCUT2D eigenvalue weighted by atomic mass is 9.73. The third kappa shape index (κ3) is 3.83. The van der Waals surface area contributed by atoms with Gasteiger partial charge in [0.25, 0.3) is 0 Å². The summed E-state index contributed by atoms with van der Waals surface area (Å²) >= 11 is 0. The molecule has 1 aromatic heterocycles. The Kier molecular flexibility index (Phi) is 4.81. The van der Waals surface area contributed by atoms with Gasteiger partial charge in [-0.05, 0) is 45.5 Å². The van der Waals surface area contributed by atoms with Crippen molar-refractivity contribution in [3.05, 3.63) is 77.0 Å². The highest BCUT2D eigenvalue weighted by Gasteiger charge is 2.41. The molecule has 1 aliphatic carbocycles. The minimum absolute atomic E-state index is 0.0838. The fraction of sp³-hybridized carbons (Fsp3) is 0.333. The molecule has 0 fully saturated rings. The van der Waals surface area contributed by atoms with Crippen LogP contribution in [0.2, 0.25) is 0 Å². The number of ketones is 1. The Hall–Kier alpha value is -3.48. The number of Topliss-reactive ketones (excluding diaryl/α,β-unsaturated/α-hetero) is 1. The highest BCUT2D eigenvalue weighted by atomic mass is 16.5. The van der Waals surface area contributed by atoms with Gasteiger partial charge in [0, 0.05) is 24.1 Å². The third-order valence-electron chi connectivity index (χ3n) is 5.89. The fourth-order valence-corrected chi connectivity index (χ4v) is 4.46. The van der Waals surface area contributed by atoms with Gasteiger partial charge >= 0.3 is 0 Å². The highest BCUT2D eigenvalue weighted by Crippen LogP contribution is 2.45. The number of fused-ring (bicyclic) bond motifs is 1. The molecule has 2 aliphatic rings. The lowest BCUT2D eigenvalue weighted by Crippen LogP contribution is -2.36. The first-order valence-electron chi connectivity index (χ1n) is 10.6. The van der Waals surface area contributed by atoms with Crippen LogP contribution in [0.25, 0.3) is 0 Å². The van der Waals surface area contributed by atoms with Crippen molar-refractivity contribution < 1.29 is 9.53 Å². The van der Waals surface area contributed by atoms with E-state index in [-0.39, 0.29) is 17.2 Å². The second-order valence-electron chi connectivity index (χ2n) is 8.96. The molecule has 0 radical (unpaired) electrons. The second kappa shape index (κ2) is 7.65. The van der Waals surface area contributed by atoms with Gasteiger partial charge in [-0.25, -0.2) is 0 Å². The lowest BCUT2D eigenvalue weighted by molar-refractivity contribution is -0.118. The maximum atomic E-state index is 13.1. The molecule has 0 saturated heterocycles. The van der Waals surface area contributed by atoms with Crippen molar-refractivity contribution in [1.29, 1.82) is 0 Å². The molecule has 2 aromatic carbocycles. The van der Waals surface area contributed by atoms with Crippen LogP contribution in [0.1, 0.15) is 43.9 Å². The Bertz CT molecular complexity index is 1130. The average Bonchev–Trinajstić information content (AvgIpc) is 3.21. The number of nitrogens with zero attached hydrogens (tertiary/aromatic N) is 4. The predicted octanol–water partition coefficient (Wildman–Crippen LogP) is 3.95. The molecule has 1 unspecified atom stereocenters. The van der Waals surface area contributed by atoms with Gasteiger partial charge in [0.2, 0.25) is 5.95 Å². The van der Waals surface area contributed by atoms with Crippen LogP contribution in [-0.4, -0.2) is 32.6 Å². The van der Waals surface area contributed by atoms with E-state index in [9.17, 15) is 4.79 Å². The Balaban J connectivity index is 1.38. The van der Waals surface area contributed by atoms with Crippen LogP contribution in [0, 0.1) is 5.41 Å². The van der Waals surface area contributed by atoms with E-state index in [1.54, 1.807) is 4.68 Å². The standard InChI is InChI=1S/C24H25N5O2/c1-24(2)14-19-21(20(30)15-24)22(29-23(25-19)26-27-28-29)17-8-10-18(11-9-17)31-13-12-16-6-4-3-5-7-16/h3-11,22H,12-15H2,1-2H3,(H,25,26,28). The summed E-state index contributed by atoms with van der Waals surface area (Å²) in [6, 6.07) is 17.8. The fourth-order valence-electron chi connectivity index (χ4n) is 4.46. The van der Waals surface area contributed by atoms with Gasteiger partial charge in [0.1, 0.15) is 11.8 Å². The zero-order chi connectivity index (χ0) is 21.4. The molecule has 1 atom stereocenters. The van der Waals surface area contributed by atoms with Crippen molar-refractivity contribution in [3.63, 3.8) is 0 Å². The van der Waals surface area contributed by atoms with Crippen LogP contribution in [0.15, 0.2) is 65.9 Å². The van der Waals surface area contributed by atoms with Crippen LogP contribution < -0.4 is 10.1 Å². The van der Waals surface area contributed by atoms with Crippen molar-refractivity contribution in [3.8, 4) is 5.75 Å². The van der Waals surface area contributed by atoms with Gasteiger partial charge in [-0.15, -0.1) is 0 Å². The number of rotatable bonds is 5. The van der Waals surface area contributed by atoms with E-state index < -0.39 is 0 Å². The molecular weight excluding hydrogens is 390 g/mol. The number of ether oxygens (including phenoxy) is 1. The second-order valence-corrected chi connectivity index (χ2v) is 8.96. The minimum Gasteiger partial charge on any atom is -0.493 e. The van der Waals surface area contributed by atoms with Crippen LogP contribution in [0.4, 0.5) is 5.95 Å². The minimum atomic E-state index is -0.330. The molecule has 3 aromatic rings. The summed E-state index contributed by atoms with van der Waals surface area (Å²) in [6.45, 7) is 4.84. The molecule has 0 amide bonds. The van der Waals surface area contributed by atoms with E-state index >= 15 is 0 Å². The summed E-state index contributed by atoms with van der Waals surface area (Å²) in [5.74, 6) is 1.52. The van der Waals surface area contributed by atoms with Gasteiger partial charge in [0.05, 0.1) is 6.61 Å². The summed E-state index contributed by atoms with van der Waals surface area (Å²) in [6.07, 6.45) is 2.16. The number of nitrogens with one attached hydrogen (secondary N) is 1. The monoisotopic (exact) mass is 415 g/mol. The molecule has 1 aliphatic heterocycles. The Labute approximate surface area is 181 Å². The number of hydrogen-bond acceptors (Lipinski definition) is 6. The normalized spacial score (nSPS) is 19.4. The SMILES string of the molecule is CC1(C)CC(=O)C2=C(C1)Nc1nnnn1C2c1ccc(OCCc2ccccc2)cc1. The van der Waals surface area contributed by atoms with Crippen molar-refractivity contribution >= 4 is 11.7 Å². The van der Waals surface area contributed by atoms with Crippen LogP contribution in [0.3, 0.4) is 0 Å². The molecule has 0 saturated carbocycles. The van der Waals surface area contributed by atoms with Crippen LogP contribution in [0.5, 0.6) is 5.75 Å². The molecule has 7 heteroatoms. The molecule has 2 heterocycles. The van der Waals surface area contributed by atoms with Gasteiger partial charge < -0.3 is 10.1 Å². The van der Waals surface area contributed by atoms with E-state index in [4.69, 9.17) is 4.74 Å². The van der Waals surface area contributed by atoms with Crippen LogP contribution >= 0.6 is 0 Å². The van der Waals surface area contributed by atoms with E-state index in [0.717, 1.165) is 35.4 Å². The summed E-state index contributed by atoms with van der Waals surface area (Å²) in [7, 11) is 0. The van der Waals surface area contributed by atoms with E-state index in [1.807, 2.05) is 42.5 Å². The van der Waals surface area contributed by atoms with Gasteiger partial charge in [-0.1, -0.05) is 61.4 Å². The number of carbonyl (C=O) groups excluding carboxylic acids is 1. The molecule has 31 heavy (non-hydrogen) atoms. The van der Waals surface area contributed by atoms with Crippen LogP contribution in [-0.2, 0) is 11.2 Å². The number of tetrazole rings is 1. The summed E-state index contributed by atoms with van der Waals surface area (Å²) in [5.41, 5.74) is 3.82. The molecule has 0 bridgehead atoms. The summed E-state index contributed by atoms with van der Waals surface area (Å²) < 4.78 is 7.62. The quantitative estimate of drug-likeness (QED) is 0.679. The zero-order valence-electron chi connectivity index (χ0n) is 17.7. The van der Waals surface area contributed by atoms with Gasteiger partial charge in [0.15, 0.2) is 5.78 Å². The Morgan fingerprint density at radius 3 is 2.65 bits per heavy atom. The van der Waals surface area contributed by atoms with Gasteiger partial charge in [-0.2, -0.15) is 4.68 Å². The first kappa shape index (κ1) is 19.5. The maximum Gasteiger partial charge on any atom is 0.248 e. The zero-order valence-corrected chi connectivity index (χ0v) is 17.7. The summed E-state index contributed by atoms with van der Waals surface area (Å²) in [5, 5.41) is 15.4. The van der Waals surface area contributed by atoms with Crippen molar-refractivity contribution in [2.24, 2.45) is 5.41 Å². The molecule has 5 rings (SSSR count). The van der Waals surface area contributed by atoms with E-state index in [2.05, 4.69) is 46.8 Å². The maximum absolute atomic E-state index is 13.1. The van der Waals surface area contributed by atoms with E-state index in [0.29, 0.717) is 19.0 Å². The Morgan fingerprint density at radius 2 is 1.87 bits per heavy atom. The molecule has 1 N–H and O–H groups in total. The molecule has 0 spiro atoms. The number of benzene rings is 2. The summed E-state index contributed by atoms with van der Waals surface area (Å²) in [4.78, 5) is 13.1. The molecule has 158 valence electrons. The lowest BCUT2D eigenvalue weighted by Gasteiger charge is -2.37. The smallest absolute Gasteiger partial charge is 0.248 e. The molecule has 7 nitrogen and oxygen atoms in total. The van der Waals surface area contributed by atoms with Crippen molar-refractivity contribution in [2.75, 3.05) is 11.9 Å². The number of anilines is 1. The number of carbonyl (C=O) groups is 1. The average molecular weight is 415 g/mol. The number of hydrogen-bond donors (Lipinski definition) is 1. The Morgan fingerprint density at radius 1 is 1.10 bits per heavy atom. The largest absolute Gasteiger partial charge is 0.493 e. The number of allylic oxidation sites excluding steroid dienone is 2. The highest BCUT2D eigenvalue weighted by molar-refractivity contribution is 6.00. The van der Waals surface area contributed by atoms with Crippen molar-refractivity contribution in [1.82, 2.24) is 20.2 Å². The molecular formula is C24H25N5O2. The van der Waals surface area contributed by atoms with Gasteiger partial charge in [-0.3, -0.25) is 4.79 Å².